The largest absolute Gasteiger partial charge is 0.481 e. The SMILES string of the molecule is CN(Cc1cc(Br)cs1)C(=O)CSCC(=O)O. The molecule has 1 rings (SSSR count). The van der Waals surface area contributed by atoms with Gasteiger partial charge < -0.3 is 10.0 Å². The second-order valence-corrected chi connectivity index (χ2v) is 6.26. The molecule has 0 aliphatic carbocycles. The maximum absolute atomic E-state index is 11.6. The van der Waals surface area contributed by atoms with E-state index in [-0.39, 0.29) is 17.4 Å². The molecule has 0 bridgehead atoms. The van der Waals surface area contributed by atoms with E-state index in [9.17, 15) is 9.59 Å². The average Bonchev–Trinajstić information content (AvgIpc) is 2.63. The Balaban J connectivity index is 2.34. The summed E-state index contributed by atoms with van der Waals surface area (Å²) in [5.74, 6) is -0.784. The summed E-state index contributed by atoms with van der Waals surface area (Å²) < 4.78 is 1.01. The molecule has 0 atom stereocenters. The van der Waals surface area contributed by atoms with Crippen molar-refractivity contribution in [1.82, 2.24) is 4.90 Å². The van der Waals surface area contributed by atoms with Crippen LogP contribution in [0.5, 0.6) is 0 Å². The lowest BCUT2D eigenvalue weighted by Crippen LogP contribution is -2.27. The minimum absolute atomic E-state index is 0.0376. The highest BCUT2D eigenvalue weighted by Crippen LogP contribution is 2.21. The Bertz CT molecular complexity index is 408. The number of hydrogen-bond acceptors (Lipinski definition) is 4. The van der Waals surface area contributed by atoms with Crippen LogP contribution in [0.15, 0.2) is 15.9 Å². The molecule has 0 aromatic carbocycles. The number of thiophene rings is 1. The Hall–Kier alpha value is -0.530. The van der Waals surface area contributed by atoms with Crippen LogP contribution in [0.2, 0.25) is 0 Å². The summed E-state index contributed by atoms with van der Waals surface area (Å²) >= 11 is 6.05. The number of nitrogens with zero attached hydrogens (tertiary/aromatic N) is 1. The summed E-state index contributed by atoms with van der Waals surface area (Å²) in [7, 11) is 1.72. The molecule has 4 nitrogen and oxygen atoms in total. The smallest absolute Gasteiger partial charge is 0.313 e. The Morgan fingerprint density at radius 1 is 1.53 bits per heavy atom. The molecule has 1 heterocycles. The summed E-state index contributed by atoms with van der Waals surface area (Å²) in [4.78, 5) is 24.6. The molecule has 1 N–H and O–H groups in total. The molecule has 1 amide bonds. The number of carbonyl (C=O) groups excluding carboxylic acids is 1. The molecule has 94 valence electrons. The van der Waals surface area contributed by atoms with Crippen molar-refractivity contribution in [2.24, 2.45) is 0 Å². The predicted molar refractivity (Wildman–Crippen MR) is 73.5 cm³/mol. The van der Waals surface area contributed by atoms with Gasteiger partial charge in [0.15, 0.2) is 0 Å². The first-order chi connectivity index (χ1) is 7.99. The standard InChI is InChI=1S/C10H12BrNO3S2/c1-12(3-8-2-7(11)4-17-8)9(13)5-16-6-10(14)15/h2,4H,3,5-6H2,1H3,(H,14,15). The third kappa shape index (κ3) is 5.56. The van der Waals surface area contributed by atoms with Crippen LogP contribution in [-0.4, -0.2) is 40.4 Å². The Morgan fingerprint density at radius 2 is 2.24 bits per heavy atom. The summed E-state index contributed by atoms with van der Waals surface area (Å²) in [6.45, 7) is 0.558. The molecular weight excluding hydrogens is 326 g/mol. The predicted octanol–water partition coefficient (Wildman–Crippen LogP) is 2.29. The fourth-order valence-electron chi connectivity index (χ4n) is 1.09. The van der Waals surface area contributed by atoms with Crippen LogP contribution in [0, 0.1) is 0 Å². The number of carboxylic acids is 1. The first-order valence-corrected chi connectivity index (χ1v) is 7.58. The topological polar surface area (TPSA) is 57.6 Å². The van der Waals surface area contributed by atoms with Crippen molar-refractivity contribution in [3.05, 3.63) is 20.8 Å². The van der Waals surface area contributed by atoms with E-state index in [1.807, 2.05) is 11.4 Å². The lowest BCUT2D eigenvalue weighted by atomic mass is 10.4. The van der Waals surface area contributed by atoms with E-state index in [0.717, 1.165) is 21.1 Å². The van der Waals surface area contributed by atoms with Crippen molar-refractivity contribution < 1.29 is 14.7 Å². The second kappa shape index (κ2) is 7.03. The average molecular weight is 338 g/mol. The van der Waals surface area contributed by atoms with E-state index in [0.29, 0.717) is 6.54 Å². The number of halogens is 1. The van der Waals surface area contributed by atoms with Crippen LogP contribution in [0.4, 0.5) is 0 Å². The summed E-state index contributed by atoms with van der Waals surface area (Å²) in [6, 6.07) is 1.97. The van der Waals surface area contributed by atoms with Gasteiger partial charge in [0, 0.05) is 21.8 Å². The zero-order valence-electron chi connectivity index (χ0n) is 9.18. The fourth-order valence-corrected chi connectivity index (χ4v) is 3.27. The molecule has 7 heteroatoms. The van der Waals surface area contributed by atoms with Gasteiger partial charge in [-0.2, -0.15) is 0 Å². The number of thioether (sulfide) groups is 1. The van der Waals surface area contributed by atoms with Crippen LogP contribution in [0.3, 0.4) is 0 Å². The molecule has 17 heavy (non-hydrogen) atoms. The lowest BCUT2D eigenvalue weighted by Gasteiger charge is -2.15. The van der Waals surface area contributed by atoms with Crippen LogP contribution >= 0.6 is 39.0 Å². The van der Waals surface area contributed by atoms with E-state index in [4.69, 9.17) is 5.11 Å². The van der Waals surface area contributed by atoms with Gasteiger partial charge in [-0.3, -0.25) is 9.59 Å². The van der Waals surface area contributed by atoms with Crippen molar-refractivity contribution in [2.75, 3.05) is 18.6 Å². The second-order valence-electron chi connectivity index (χ2n) is 3.37. The highest BCUT2D eigenvalue weighted by atomic mass is 79.9. The molecule has 0 spiro atoms. The minimum Gasteiger partial charge on any atom is -0.481 e. The van der Waals surface area contributed by atoms with Gasteiger partial charge in [0.05, 0.1) is 18.1 Å². The van der Waals surface area contributed by atoms with E-state index in [1.165, 1.54) is 0 Å². The van der Waals surface area contributed by atoms with Crippen molar-refractivity contribution in [3.63, 3.8) is 0 Å². The van der Waals surface area contributed by atoms with Gasteiger partial charge in [-0.1, -0.05) is 0 Å². The summed E-state index contributed by atoms with van der Waals surface area (Å²) in [6.07, 6.45) is 0. The molecule has 0 saturated heterocycles. The monoisotopic (exact) mass is 337 g/mol. The highest BCUT2D eigenvalue weighted by Gasteiger charge is 2.11. The van der Waals surface area contributed by atoms with E-state index in [1.54, 1.807) is 23.3 Å². The van der Waals surface area contributed by atoms with Crippen LogP contribution < -0.4 is 0 Å². The number of amides is 1. The van der Waals surface area contributed by atoms with Gasteiger partial charge in [-0.25, -0.2) is 0 Å². The Labute approximate surface area is 116 Å². The van der Waals surface area contributed by atoms with Gasteiger partial charge in [0.1, 0.15) is 0 Å². The maximum Gasteiger partial charge on any atom is 0.313 e. The third-order valence-electron chi connectivity index (χ3n) is 1.89. The quantitative estimate of drug-likeness (QED) is 0.865. The number of hydrogen-bond donors (Lipinski definition) is 1. The summed E-state index contributed by atoms with van der Waals surface area (Å²) in [5.41, 5.74) is 0. The fraction of sp³-hybridized carbons (Fsp3) is 0.400. The van der Waals surface area contributed by atoms with Gasteiger partial charge in [0.2, 0.25) is 5.91 Å². The third-order valence-corrected chi connectivity index (χ3v) is 4.48. The van der Waals surface area contributed by atoms with E-state index in [2.05, 4.69) is 15.9 Å². The van der Waals surface area contributed by atoms with Crippen molar-refractivity contribution in [3.8, 4) is 0 Å². The molecule has 1 aromatic heterocycles. The zero-order valence-corrected chi connectivity index (χ0v) is 12.4. The van der Waals surface area contributed by atoms with Crippen molar-refractivity contribution in [1.29, 1.82) is 0 Å². The maximum atomic E-state index is 11.6. The van der Waals surface area contributed by atoms with Crippen molar-refractivity contribution in [2.45, 2.75) is 6.54 Å². The highest BCUT2D eigenvalue weighted by molar-refractivity contribution is 9.10. The van der Waals surface area contributed by atoms with Gasteiger partial charge >= 0.3 is 5.97 Å². The number of aliphatic carboxylic acids is 1. The van der Waals surface area contributed by atoms with Crippen LogP contribution in [0.25, 0.3) is 0 Å². The molecule has 0 radical (unpaired) electrons. The molecule has 0 aliphatic heterocycles. The molecule has 0 saturated carbocycles. The van der Waals surface area contributed by atoms with Gasteiger partial charge in [-0.15, -0.1) is 23.1 Å². The van der Waals surface area contributed by atoms with Crippen LogP contribution in [0.1, 0.15) is 4.88 Å². The van der Waals surface area contributed by atoms with E-state index >= 15 is 0 Å². The Morgan fingerprint density at radius 3 is 2.76 bits per heavy atom. The van der Waals surface area contributed by atoms with Crippen molar-refractivity contribution >= 4 is 50.9 Å². The minimum atomic E-state index is -0.896. The lowest BCUT2D eigenvalue weighted by molar-refractivity contribution is -0.133. The Kier molecular flexibility index (Phi) is 6.01. The first-order valence-electron chi connectivity index (χ1n) is 4.75. The van der Waals surface area contributed by atoms with Gasteiger partial charge in [0.25, 0.3) is 0 Å². The summed E-state index contributed by atoms with van der Waals surface area (Å²) in [5, 5.41) is 10.4. The number of carbonyl (C=O) groups is 2. The molecular formula is C10H12BrNO3S2. The molecule has 0 fully saturated rings. The number of rotatable bonds is 6. The zero-order chi connectivity index (χ0) is 12.8. The molecule has 0 unspecified atom stereocenters. The van der Waals surface area contributed by atoms with Gasteiger partial charge in [-0.05, 0) is 22.0 Å². The molecule has 0 aliphatic rings. The first kappa shape index (κ1) is 14.5. The number of carboxylic acid groups (broad SMARTS) is 1. The van der Waals surface area contributed by atoms with E-state index < -0.39 is 5.97 Å². The van der Waals surface area contributed by atoms with Crippen LogP contribution in [-0.2, 0) is 16.1 Å². The molecule has 1 aromatic rings. The normalized spacial score (nSPS) is 10.2.